The van der Waals surface area contributed by atoms with Gasteiger partial charge in [-0.15, -0.1) is 11.6 Å². The molecule has 0 aromatic rings. The Bertz CT molecular complexity index is 324. The molecule has 0 spiro atoms. The van der Waals surface area contributed by atoms with Crippen molar-refractivity contribution in [3.05, 3.63) is 0 Å². The lowest BCUT2D eigenvalue weighted by molar-refractivity contribution is -0.00182. The first-order valence-corrected chi connectivity index (χ1v) is 8.31. The first kappa shape index (κ1) is 15.2. The van der Waals surface area contributed by atoms with Crippen molar-refractivity contribution in [1.29, 1.82) is 0 Å². The van der Waals surface area contributed by atoms with Gasteiger partial charge in [-0.2, -0.15) is 0 Å². The molecule has 1 aliphatic carbocycles. The Hall–Kier alpha value is 0.160. The molecule has 0 aromatic heterocycles. The third kappa shape index (κ3) is 5.55. The molecule has 0 saturated heterocycles. The fourth-order valence-electron chi connectivity index (χ4n) is 2.04. The highest BCUT2D eigenvalue weighted by Crippen LogP contribution is 2.31. The van der Waals surface area contributed by atoms with E-state index in [4.69, 9.17) is 11.6 Å². The van der Waals surface area contributed by atoms with E-state index in [1.807, 2.05) is 0 Å². The van der Waals surface area contributed by atoms with E-state index >= 15 is 0 Å². The van der Waals surface area contributed by atoms with Crippen LogP contribution in [-0.4, -0.2) is 37.3 Å². The average Bonchev–Trinajstić information content (AvgIpc) is 2.29. The van der Waals surface area contributed by atoms with Crippen molar-refractivity contribution in [3.63, 3.8) is 0 Å². The number of aliphatic hydroxyl groups is 1. The van der Waals surface area contributed by atoms with Crippen LogP contribution < -0.4 is 4.72 Å². The molecule has 0 unspecified atom stereocenters. The molecule has 0 amide bonds. The lowest BCUT2D eigenvalue weighted by atomic mass is 9.80. The van der Waals surface area contributed by atoms with Crippen molar-refractivity contribution in [3.8, 4) is 0 Å². The lowest BCUT2D eigenvalue weighted by Crippen LogP contribution is -2.45. The Morgan fingerprint density at radius 3 is 2.53 bits per heavy atom. The Labute approximate surface area is 109 Å². The molecular weight excluding hydrogens is 262 g/mol. The largest absolute Gasteiger partial charge is 0.389 e. The van der Waals surface area contributed by atoms with Crippen LogP contribution in [0.15, 0.2) is 0 Å². The van der Waals surface area contributed by atoms with Crippen LogP contribution in [0.2, 0.25) is 0 Å². The van der Waals surface area contributed by atoms with Crippen molar-refractivity contribution in [2.24, 2.45) is 5.92 Å². The minimum atomic E-state index is -3.29. The van der Waals surface area contributed by atoms with E-state index in [9.17, 15) is 13.5 Å². The molecule has 17 heavy (non-hydrogen) atoms. The van der Waals surface area contributed by atoms with Gasteiger partial charge in [0, 0.05) is 12.4 Å². The fraction of sp³-hybridized carbons (Fsp3) is 1.00. The molecule has 0 bridgehead atoms. The van der Waals surface area contributed by atoms with Gasteiger partial charge in [0.1, 0.15) is 0 Å². The first-order chi connectivity index (χ1) is 7.87. The highest BCUT2D eigenvalue weighted by Gasteiger charge is 2.32. The van der Waals surface area contributed by atoms with Crippen molar-refractivity contribution in [1.82, 2.24) is 4.72 Å². The maximum Gasteiger partial charge on any atom is 0.211 e. The number of sulfonamides is 1. The van der Waals surface area contributed by atoms with Crippen molar-refractivity contribution in [2.75, 3.05) is 18.2 Å². The molecule has 0 aromatic carbocycles. The van der Waals surface area contributed by atoms with Gasteiger partial charge in [0.05, 0.1) is 11.4 Å². The van der Waals surface area contributed by atoms with Crippen LogP contribution in [0.4, 0.5) is 0 Å². The van der Waals surface area contributed by atoms with Crippen LogP contribution in [0.25, 0.3) is 0 Å². The summed E-state index contributed by atoms with van der Waals surface area (Å²) in [6.07, 6.45) is 3.70. The number of halogens is 1. The van der Waals surface area contributed by atoms with Crippen LogP contribution in [0.3, 0.4) is 0 Å². The zero-order valence-electron chi connectivity index (χ0n) is 10.3. The summed E-state index contributed by atoms with van der Waals surface area (Å²) in [5.74, 6) is 0.995. The topological polar surface area (TPSA) is 66.4 Å². The Balaban J connectivity index is 2.39. The summed E-state index contributed by atoms with van der Waals surface area (Å²) in [6.45, 7) is 2.29. The number of alkyl halides is 1. The molecule has 0 aliphatic heterocycles. The normalized spacial score (nSPS) is 30.4. The summed E-state index contributed by atoms with van der Waals surface area (Å²) < 4.78 is 25.6. The van der Waals surface area contributed by atoms with E-state index in [0.29, 0.717) is 31.1 Å². The Kier molecular flexibility index (Phi) is 5.70. The molecular formula is C11H22ClNO3S. The van der Waals surface area contributed by atoms with E-state index in [-0.39, 0.29) is 12.3 Å². The van der Waals surface area contributed by atoms with Gasteiger partial charge in [0.25, 0.3) is 0 Å². The van der Waals surface area contributed by atoms with E-state index in [1.165, 1.54) is 0 Å². The van der Waals surface area contributed by atoms with Gasteiger partial charge < -0.3 is 5.11 Å². The maximum atomic E-state index is 11.6. The van der Waals surface area contributed by atoms with Gasteiger partial charge in [0.15, 0.2) is 0 Å². The quantitative estimate of drug-likeness (QED) is 0.726. The Morgan fingerprint density at radius 2 is 2.00 bits per heavy atom. The molecule has 4 nitrogen and oxygen atoms in total. The molecule has 1 aliphatic rings. The van der Waals surface area contributed by atoms with Crippen molar-refractivity contribution in [2.45, 2.75) is 44.6 Å². The smallest absolute Gasteiger partial charge is 0.211 e. The minimum Gasteiger partial charge on any atom is -0.389 e. The van der Waals surface area contributed by atoms with Gasteiger partial charge >= 0.3 is 0 Å². The van der Waals surface area contributed by atoms with Crippen molar-refractivity contribution < 1.29 is 13.5 Å². The van der Waals surface area contributed by atoms with E-state index in [2.05, 4.69) is 11.6 Å². The molecule has 1 fully saturated rings. The highest BCUT2D eigenvalue weighted by molar-refractivity contribution is 7.89. The van der Waals surface area contributed by atoms with Crippen LogP contribution in [0, 0.1) is 5.92 Å². The molecule has 0 heterocycles. The average molecular weight is 284 g/mol. The van der Waals surface area contributed by atoms with Gasteiger partial charge in [0.2, 0.25) is 10.0 Å². The lowest BCUT2D eigenvalue weighted by Gasteiger charge is -2.34. The van der Waals surface area contributed by atoms with Crippen LogP contribution >= 0.6 is 11.6 Å². The number of hydrogen-bond acceptors (Lipinski definition) is 3. The maximum absolute atomic E-state index is 11.6. The molecule has 0 atom stereocenters. The molecule has 0 radical (unpaired) electrons. The van der Waals surface area contributed by atoms with Crippen LogP contribution in [-0.2, 0) is 10.0 Å². The minimum absolute atomic E-state index is 0.0307. The molecule has 1 saturated carbocycles. The summed E-state index contributed by atoms with van der Waals surface area (Å²) in [4.78, 5) is 0. The van der Waals surface area contributed by atoms with E-state index in [1.54, 1.807) is 0 Å². The molecule has 6 heteroatoms. The molecule has 102 valence electrons. The number of hydrogen-bond donors (Lipinski definition) is 2. The van der Waals surface area contributed by atoms with Crippen LogP contribution in [0.5, 0.6) is 0 Å². The fourth-order valence-corrected chi connectivity index (χ4v) is 3.49. The van der Waals surface area contributed by atoms with Gasteiger partial charge in [-0.1, -0.05) is 6.92 Å². The SMILES string of the molecule is CC1CCC(O)(CNS(=O)(=O)CCCCl)CC1. The highest BCUT2D eigenvalue weighted by atomic mass is 35.5. The summed E-state index contributed by atoms with van der Waals surface area (Å²) >= 11 is 5.46. The molecule has 1 rings (SSSR count). The predicted molar refractivity (Wildman–Crippen MR) is 69.7 cm³/mol. The summed E-state index contributed by atoms with van der Waals surface area (Å²) in [7, 11) is -3.29. The van der Waals surface area contributed by atoms with Crippen molar-refractivity contribution >= 4 is 21.6 Å². The monoisotopic (exact) mass is 283 g/mol. The van der Waals surface area contributed by atoms with Gasteiger partial charge in [-0.25, -0.2) is 13.1 Å². The van der Waals surface area contributed by atoms with Gasteiger partial charge in [-0.05, 0) is 38.0 Å². The summed E-state index contributed by atoms with van der Waals surface area (Å²) in [6, 6.07) is 0. The zero-order chi connectivity index (χ0) is 12.9. The third-order valence-corrected chi connectivity index (χ3v) is 5.05. The van der Waals surface area contributed by atoms with E-state index in [0.717, 1.165) is 12.8 Å². The summed E-state index contributed by atoms with van der Waals surface area (Å²) in [5, 5.41) is 10.2. The van der Waals surface area contributed by atoms with Crippen LogP contribution in [0.1, 0.15) is 39.0 Å². The first-order valence-electron chi connectivity index (χ1n) is 6.13. The molecule has 2 N–H and O–H groups in total. The summed E-state index contributed by atoms with van der Waals surface area (Å²) in [5.41, 5.74) is -0.861. The standard InChI is InChI=1S/C11H22ClNO3S/c1-10-3-5-11(14,6-4-10)9-13-17(15,16)8-2-7-12/h10,13-14H,2-9H2,1H3. The second-order valence-electron chi connectivity index (χ2n) is 5.09. The third-order valence-electron chi connectivity index (χ3n) is 3.37. The number of nitrogens with one attached hydrogen (secondary N) is 1. The van der Waals surface area contributed by atoms with E-state index < -0.39 is 15.6 Å². The van der Waals surface area contributed by atoms with Gasteiger partial charge in [-0.3, -0.25) is 0 Å². The Morgan fingerprint density at radius 1 is 1.41 bits per heavy atom. The predicted octanol–water partition coefficient (Wildman–Crippen LogP) is 1.48. The second kappa shape index (κ2) is 6.36. The number of rotatable bonds is 6. The zero-order valence-corrected chi connectivity index (χ0v) is 11.9. The second-order valence-corrected chi connectivity index (χ2v) is 7.39.